The smallest absolute Gasteiger partial charge is 0.328 e. The number of anilines is 1. The van der Waals surface area contributed by atoms with Gasteiger partial charge in [-0.2, -0.15) is 0 Å². The molecule has 19 heavy (non-hydrogen) atoms. The first-order valence-electron chi connectivity index (χ1n) is 5.98. The minimum Gasteiger partial charge on any atom is -0.480 e. The Balaban J connectivity index is 2.69. The van der Waals surface area contributed by atoms with E-state index in [2.05, 4.69) is 10.6 Å². The molecule has 1 rings (SSSR count). The molecule has 0 fully saturated rings. The highest BCUT2D eigenvalue weighted by Crippen LogP contribution is 2.15. The first-order chi connectivity index (χ1) is 8.97. The number of carboxylic acid groups (broad SMARTS) is 1. The number of aliphatic hydroxyl groups is 1. The highest BCUT2D eigenvalue weighted by atomic mass is 16.4. The molecule has 0 unspecified atom stereocenters. The van der Waals surface area contributed by atoms with Crippen LogP contribution < -0.4 is 10.6 Å². The summed E-state index contributed by atoms with van der Waals surface area (Å²) < 4.78 is 0. The number of carbonyl (C=O) groups excluding carboxylic acids is 1. The second kappa shape index (κ2) is 6.75. The molecule has 0 heterocycles. The molecule has 1 atom stereocenters. The highest BCUT2D eigenvalue weighted by molar-refractivity contribution is 5.92. The van der Waals surface area contributed by atoms with Crippen molar-refractivity contribution < 1.29 is 19.8 Å². The fraction of sp³-hybridized carbons (Fsp3) is 0.385. The molecule has 1 aromatic rings. The van der Waals surface area contributed by atoms with Crippen molar-refractivity contribution in [2.45, 2.75) is 26.3 Å². The molecule has 0 aromatic heterocycles. The van der Waals surface area contributed by atoms with Crippen LogP contribution in [-0.4, -0.2) is 34.9 Å². The van der Waals surface area contributed by atoms with Crippen LogP contribution >= 0.6 is 0 Å². The zero-order valence-corrected chi connectivity index (χ0v) is 10.9. The Hall–Kier alpha value is -2.08. The number of hydrogen-bond acceptors (Lipinski definition) is 3. The third kappa shape index (κ3) is 4.26. The summed E-state index contributed by atoms with van der Waals surface area (Å²) in [6.45, 7) is 3.34. The van der Waals surface area contributed by atoms with Crippen molar-refractivity contribution in [2.75, 3.05) is 11.9 Å². The maximum Gasteiger partial charge on any atom is 0.328 e. The van der Waals surface area contributed by atoms with Gasteiger partial charge in [0.2, 0.25) is 0 Å². The quantitative estimate of drug-likeness (QED) is 0.642. The van der Waals surface area contributed by atoms with E-state index in [1.807, 2.05) is 26.0 Å². The molecule has 6 heteroatoms. The molecule has 2 amide bonds. The predicted molar refractivity (Wildman–Crippen MR) is 71.2 cm³/mol. The van der Waals surface area contributed by atoms with E-state index in [9.17, 15) is 9.59 Å². The lowest BCUT2D eigenvalue weighted by atomic mass is 10.1. The molecule has 0 aliphatic carbocycles. The van der Waals surface area contributed by atoms with Crippen LogP contribution in [0.2, 0.25) is 0 Å². The van der Waals surface area contributed by atoms with Crippen molar-refractivity contribution >= 4 is 17.7 Å². The third-order valence-corrected chi connectivity index (χ3v) is 2.77. The normalized spacial score (nSPS) is 11.7. The van der Waals surface area contributed by atoms with Crippen LogP contribution in [0, 0.1) is 6.92 Å². The summed E-state index contributed by atoms with van der Waals surface area (Å²) in [5.41, 5.74) is 2.82. The van der Waals surface area contributed by atoms with E-state index >= 15 is 0 Å². The number of aliphatic carboxylic acids is 1. The largest absolute Gasteiger partial charge is 0.480 e. The lowest BCUT2D eigenvalue weighted by Gasteiger charge is -2.13. The Bertz CT molecular complexity index is 474. The van der Waals surface area contributed by atoms with Crippen molar-refractivity contribution in [2.24, 2.45) is 0 Å². The van der Waals surface area contributed by atoms with E-state index in [4.69, 9.17) is 10.2 Å². The second-order valence-electron chi connectivity index (χ2n) is 4.17. The molecule has 0 saturated heterocycles. The topological polar surface area (TPSA) is 98.7 Å². The van der Waals surface area contributed by atoms with E-state index in [1.165, 1.54) is 0 Å². The van der Waals surface area contributed by atoms with Gasteiger partial charge in [0.05, 0.1) is 6.61 Å². The molecule has 0 radical (unpaired) electrons. The highest BCUT2D eigenvalue weighted by Gasteiger charge is 2.18. The van der Waals surface area contributed by atoms with Gasteiger partial charge in [0.1, 0.15) is 0 Å². The summed E-state index contributed by atoms with van der Waals surface area (Å²) in [6.07, 6.45) is 0.845. The lowest BCUT2D eigenvalue weighted by molar-refractivity contribution is -0.140. The molecule has 0 bridgehead atoms. The molecule has 0 aliphatic heterocycles. The van der Waals surface area contributed by atoms with E-state index in [-0.39, 0.29) is 0 Å². The maximum absolute atomic E-state index is 11.6. The fourth-order valence-electron chi connectivity index (χ4n) is 1.64. The Morgan fingerprint density at radius 2 is 2.05 bits per heavy atom. The molecular formula is C13H18N2O4. The Labute approximate surface area is 111 Å². The van der Waals surface area contributed by atoms with Gasteiger partial charge in [-0.25, -0.2) is 9.59 Å². The molecule has 0 spiro atoms. The molecule has 104 valence electrons. The zero-order valence-electron chi connectivity index (χ0n) is 10.9. The van der Waals surface area contributed by atoms with Gasteiger partial charge in [0, 0.05) is 5.69 Å². The van der Waals surface area contributed by atoms with Crippen LogP contribution in [0.4, 0.5) is 10.5 Å². The Kier molecular flexibility index (Phi) is 5.32. The van der Waals surface area contributed by atoms with Crippen LogP contribution in [0.5, 0.6) is 0 Å². The van der Waals surface area contributed by atoms with Crippen molar-refractivity contribution in [3.05, 3.63) is 29.3 Å². The van der Waals surface area contributed by atoms with Crippen LogP contribution in [0.25, 0.3) is 0 Å². The summed E-state index contributed by atoms with van der Waals surface area (Å²) in [6, 6.07) is 3.49. The molecule has 4 N–H and O–H groups in total. The fourth-order valence-corrected chi connectivity index (χ4v) is 1.64. The number of aliphatic hydroxyl groups excluding tert-OH is 1. The lowest BCUT2D eigenvalue weighted by Crippen LogP contribution is -2.45. The monoisotopic (exact) mass is 266 g/mol. The number of urea groups is 1. The van der Waals surface area contributed by atoms with Crippen LogP contribution in [0.3, 0.4) is 0 Å². The maximum atomic E-state index is 11.6. The number of rotatable bonds is 5. The average molecular weight is 266 g/mol. The molecule has 6 nitrogen and oxygen atoms in total. The molecule has 0 saturated carbocycles. The SMILES string of the molecule is CCc1cc(NC(=O)N[C@H](CO)C(=O)O)ccc1C. The molecular weight excluding hydrogens is 248 g/mol. The number of nitrogens with one attached hydrogen (secondary N) is 2. The van der Waals surface area contributed by atoms with Gasteiger partial charge in [0.15, 0.2) is 6.04 Å². The van der Waals surface area contributed by atoms with Crippen LogP contribution in [0.1, 0.15) is 18.1 Å². The first-order valence-corrected chi connectivity index (χ1v) is 5.98. The third-order valence-electron chi connectivity index (χ3n) is 2.77. The van der Waals surface area contributed by atoms with Crippen molar-refractivity contribution in [1.82, 2.24) is 5.32 Å². The van der Waals surface area contributed by atoms with Crippen molar-refractivity contribution in [3.8, 4) is 0 Å². The van der Waals surface area contributed by atoms with Crippen molar-refractivity contribution in [1.29, 1.82) is 0 Å². The van der Waals surface area contributed by atoms with Gasteiger partial charge < -0.3 is 20.8 Å². The van der Waals surface area contributed by atoms with Gasteiger partial charge >= 0.3 is 12.0 Å². The van der Waals surface area contributed by atoms with Gasteiger partial charge in [-0.15, -0.1) is 0 Å². The van der Waals surface area contributed by atoms with Gasteiger partial charge in [-0.3, -0.25) is 0 Å². The van der Waals surface area contributed by atoms with Crippen molar-refractivity contribution in [3.63, 3.8) is 0 Å². The summed E-state index contributed by atoms with van der Waals surface area (Å²) in [5.74, 6) is -1.28. The number of aryl methyl sites for hydroxylation is 2. The van der Waals surface area contributed by atoms with E-state index in [0.29, 0.717) is 5.69 Å². The number of benzene rings is 1. The van der Waals surface area contributed by atoms with Crippen LogP contribution in [-0.2, 0) is 11.2 Å². The summed E-state index contributed by atoms with van der Waals surface area (Å²) in [4.78, 5) is 22.2. The Morgan fingerprint density at radius 1 is 1.37 bits per heavy atom. The Morgan fingerprint density at radius 3 is 2.58 bits per heavy atom. The standard InChI is InChI=1S/C13H18N2O4/c1-3-9-6-10(5-4-8(9)2)14-13(19)15-11(7-16)12(17)18/h4-6,11,16H,3,7H2,1-2H3,(H,17,18)(H2,14,15,19)/t11-/m1/s1. The van der Waals surface area contributed by atoms with E-state index < -0.39 is 24.6 Å². The zero-order chi connectivity index (χ0) is 14.4. The first kappa shape index (κ1) is 15.0. The average Bonchev–Trinajstić information content (AvgIpc) is 2.37. The number of hydrogen-bond donors (Lipinski definition) is 4. The molecule has 0 aliphatic rings. The molecule has 1 aromatic carbocycles. The minimum absolute atomic E-state index is 0.585. The summed E-state index contributed by atoms with van der Waals surface area (Å²) in [5, 5.41) is 22.2. The van der Waals surface area contributed by atoms with Gasteiger partial charge in [0.25, 0.3) is 0 Å². The van der Waals surface area contributed by atoms with Gasteiger partial charge in [-0.05, 0) is 36.6 Å². The second-order valence-corrected chi connectivity index (χ2v) is 4.17. The van der Waals surface area contributed by atoms with Crippen LogP contribution in [0.15, 0.2) is 18.2 Å². The summed E-state index contributed by atoms with van der Waals surface area (Å²) >= 11 is 0. The van der Waals surface area contributed by atoms with E-state index in [0.717, 1.165) is 17.5 Å². The number of amides is 2. The predicted octanol–water partition coefficient (Wildman–Crippen LogP) is 1.12. The minimum atomic E-state index is -1.31. The van der Waals surface area contributed by atoms with Gasteiger partial charge in [-0.1, -0.05) is 13.0 Å². The number of carboxylic acids is 1. The number of carbonyl (C=O) groups is 2. The van der Waals surface area contributed by atoms with E-state index in [1.54, 1.807) is 6.07 Å². The summed E-state index contributed by atoms with van der Waals surface area (Å²) in [7, 11) is 0.